The Morgan fingerprint density at radius 2 is 2.18 bits per heavy atom. The first-order valence-electron chi connectivity index (χ1n) is 8.06. The molecule has 6 nitrogen and oxygen atoms in total. The van der Waals surface area contributed by atoms with Gasteiger partial charge in [0.25, 0.3) is 0 Å². The first-order chi connectivity index (χ1) is 10.6. The Labute approximate surface area is 131 Å². The van der Waals surface area contributed by atoms with Crippen LogP contribution in [0.15, 0.2) is 16.9 Å². The summed E-state index contributed by atoms with van der Waals surface area (Å²) in [6, 6.07) is 1.57. The molecule has 7 heteroatoms. The lowest BCUT2D eigenvalue weighted by Crippen LogP contribution is -2.65. The number of sulfonamides is 1. The van der Waals surface area contributed by atoms with E-state index in [-0.39, 0.29) is 23.3 Å². The van der Waals surface area contributed by atoms with E-state index in [9.17, 15) is 8.42 Å². The normalized spacial score (nSPS) is 27.7. The molecule has 1 aromatic rings. The van der Waals surface area contributed by atoms with Gasteiger partial charge in [-0.2, -0.15) is 0 Å². The summed E-state index contributed by atoms with van der Waals surface area (Å²) in [4.78, 5) is 0. The van der Waals surface area contributed by atoms with Crippen molar-refractivity contribution >= 4 is 10.0 Å². The maximum atomic E-state index is 12.4. The Morgan fingerprint density at radius 3 is 2.82 bits per heavy atom. The Morgan fingerprint density at radius 1 is 1.41 bits per heavy atom. The smallest absolute Gasteiger partial charge is 0.217 e. The molecule has 2 saturated carbocycles. The highest BCUT2D eigenvalue weighted by Gasteiger charge is 2.56. The van der Waals surface area contributed by atoms with Crippen LogP contribution in [0.3, 0.4) is 0 Å². The molecule has 3 rings (SSSR count). The van der Waals surface area contributed by atoms with Crippen molar-refractivity contribution in [1.29, 1.82) is 0 Å². The molecular formula is C15H24N2O4S. The summed E-state index contributed by atoms with van der Waals surface area (Å²) in [6.45, 7) is 2.68. The van der Waals surface area contributed by atoms with Crippen molar-refractivity contribution < 1.29 is 17.7 Å². The van der Waals surface area contributed by atoms with Crippen molar-refractivity contribution in [3.63, 3.8) is 0 Å². The third-order valence-electron chi connectivity index (χ3n) is 5.09. The Balaban J connectivity index is 1.68. The summed E-state index contributed by atoms with van der Waals surface area (Å²) in [5.74, 6) is -0.130. The van der Waals surface area contributed by atoms with Crippen molar-refractivity contribution in [2.75, 3.05) is 6.61 Å². The molecule has 1 heterocycles. The van der Waals surface area contributed by atoms with Gasteiger partial charge in [0.1, 0.15) is 12.0 Å². The van der Waals surface area contributed by atoms with E-state index in [1.54, 1.807) is 6.07 Å². The SMILES string of the molecule is CCOC1CC(NS(=O)(=O)Cc2ccon2)C12CCCCC2. The van der Waals surface area contributed by atoms with Crippen LogP contribution in [0.5, 0.6) is 0 Å². The van der Waals surface area contributed by atoms with Gasteiger partial charge in [-0.25, -0.2) is 13.1 Å². The first kappa shape index (κ1) is 16.0. The Kier molecular flexibility index (Phi) is 4.56. The second kappa shape index (κ2) is 6.29. The first-order valence-corrected chi connectivity index (χ1v) is 9.72. The minimum Gasteiger partial charge on any atom is -0.378 e. The fourth-order valence-electron chi connectivity index (χ4n) is 3.99. The molecule has 2 aliphatic carbocycles. The zero-order valence-corrected chi connectivity index (χ0v) is 13.8. The van der Waals surface area contributed by atoms with Crippen molar-refractivity contribution in [2.45, 2.75) is 63.3 Å². The predicted molar refractivity (Wildman–Crippen MR) is 81.6 cm³/mol. The van der Waals surface area contributed by atoms with E-state index in [1.807, 2.05) is 6.92 Å². The summed E-state index contributed by atoms with van der Waals surface area (Å²) >= 11 is 0. The summed E-state index contributed by atoms with van der Waals surface area (Å²) < 4.78 is 38.2. The highest BCUT2D eigenvalue weighted by Crippen LogP contribution is 2.53. The summed E-state index contributed by atoms with van der Waals surface area (Å²) in [5, 5.41) is 3.68. The van der Waals surface area contributed by atoms with E-state index in [2.05, 4.69) is 9.88 Å². The molecule has 2 unspecified atom stereocenters. The fraction of sp³-hybridized carbons (Fsp3) is 0.800. The number of aromatic nitrogens is 1. The third kappa shape index (κ3) is 3.07. The van der Waals surface area contributed by atoms with Crippen LogP contribution in [0.2, 0.25) is 0 Å². The van der Waals surface area contributed by atoms with Crippen LogP contribution in [0.1, 0.15) is 51.1 Å². The number of nitrogens with one attached hydrogen (secondary N) is 1. The average Bonchev–Trinajstić information content (AvgIpc) is 2.99. The van der Waals surface area contributed by atoms with Crippen molar-refractivity contribution in [1.82, 2.24) is 9.88 Å². The number of hydrogen-bond donors (Lipinski definition) is 1. The van der Waals surface area contributed by atoms with E-state index in [4.69, 9.17) is 9.26 Å². The van der Waals surface area contributed by atoms with Gasteiger partial charge in [0.05, 0.1) is 11.8 Å². The second-order valence-electron chi connectivity index (χ2n) is 6.39. The molecule has 1 spiro atoms. The largest absolute Gasteiger partial charge is 0.378 e. The van der Waals surface area contributed by atoms with E-state index in [0.29, 0.717) is 12.3 Å². The van der Waals surface area contributed by atoms with E-state index < -0.39 is 10.0 Å². The van der Waals surface area contributed by atoms with Crippen LogP contribution < -0.4 is 4.72 Å². The van der Waals surface area contributed by atoms with Crippen LogP contribution in [0, 0.1) is 5.41 Å². The zero-order chi connectivity index (χ0) is 15.6. The molecule has 0 aromatic carbocycles. The molecule has 1 aromatic heterocycles. The number of nitrogens with zero attached hydrogens (tertiary/aromatic N) is 1. The van der Waals surface area contributed by atoms with E-state index in [0.717, 1.165) is 32.1 Å². The fourth-order valence-corrected chi connectivity index (χ4v) is 5.38. The maximum absolute atomic E-state index is 12.4. The van der Waals surface area contributed by atoms with Crippen LogP contribution in [-0.4, -0.2) is 32.3 Å². The highest BCUT2D eigenvalue weighted by molar-refractivity contribution is 7.88. The van der Waals surface area contributed by atoms with E-state index >= 15 is 0 Å². The average molecular weight is 328 g/mol. The zero-order valence-electron chi connectivity index (χ0n) is 13.0. The van der Waals surface area contributed by atoms with Gasteiger partial charge >= 0.3 is 0 Å². The molecule has 2 atom stereocenters. The van der Waals surface area contributed by atoms with Gasteiger partial charge < -0.3 is 9.26 Å². The van der Waals surface area contributed by atoms with Crippen molar-refractivity contribution in [3.8, 4) is 0 Å². The molecule has 0 amide bonds. The molecule has 124 valence electrons. The minimum atomic E-state index is -3.41. The Bertz CT molecular complexity index is 579. The lowest BCUT2D eigenvalue weighted by atomic mass is 9.55. The van der Waals surface area contributed by atoms with Crippen LogP contribution in [-0.2, 0) is 20.5 Å². The lowest BCUT2D eigenvalue weighted by Gasteiger charge is -2.57. The molecule has 22 heavy (non-hydrogen) atoms. The molecule has 1 N–H and O–H groups in total. The van der Waals surface area contributed by atoms with Gasteiger partial charge in [0.2, 0.25) is 10.0 Å². The monoisotopic (exact) mass is 328 g/mol. The Hall–Kier alpha value is -0.920. The van der Waals surface area contributed by atoms with E-state index in [1.165, 1.54) is 12.7 Å². The molecule has 2 aliphatic rings. The summed E-state index contributed by atoms with van der Waals surface area (Å²) in [5.41, 5.74) is 0.427. The molecule has 0 radical (unpaired) electrons. The quantitative estimate of drug-likeness (QED) is 0.866. The highest BCUT2D eigenvalue weighted by atomic mass is 32.2. The van der Waals surface area contributed by atoms with Crippen LogP contribution in [0.25, 0.3) is 0 Å². The van der Waals surface area contributed by atoms with Gasteiger partial charge in [-0.15, -0.1) is 0 Å². The molecule has 0 saturated heterocycles. The van der Waals surface area contributed by atoms with Crippen LogP contribution in [0.4, 0.5) is 0 Å². The van der Waals surface area contributed by atoms with Gasteiger partial charge in [0.15, 0.2) is 0 Å². The van der Waals surface area contributed by atoms with Gasteiger partial charge in [0, 0.05) is 24.1 Å². The lowest BCUT2D eigenvalue weighted by molar-refractivity contribution is -0.144. The maximum Gasteiger partial charge on any atom is 0.217 e. The minimum absolute atomic E-state index is 0.00878. The third-order valence-corrected chi connectivity index (χ3v) is 6.41. The molecule has 2 fully saturated rings. The molecular weight excluding hydrogens is 304 g/mol. The number of ether oxygens (including phenoxy) is 1. The van der Waals surface area contributed by atoms with Gasteiger partial charge in [-0.1, -0.05) is 24.4 Å². The van der Waals surface area contributed by atoms with Crippen LogP contribution >= 0.6 is 0 Å². The van der Waals surface area contributed by atoms with Crippen molar-refractivity contribution in [3.05, 3.63) is 18.0 Å². The molecule has 0 bridgehead atoms. The summed E-state index contributed by atoms with van der Waals surface area (Å²) in [6.07, 6.45) is 8.00. The standard InChI is InChI=1S/C15H24N2O4S/c1-2-20-14-10-13(15(14)7-4-3-5-8-15)17-22(18,19)11-12-6-9-21-16-12/h6,9,13-14,17H,2-5,7-8,10-11H2,1H3. The number of hydrogen-bond acceptors (Lipinski definition) is 5. The predicted octanol–water partition coefficient (Wildman–Crippen LogP) is 2.22. The van der Waals surface area contributed by atoms with Gasteiger partial charge in [-0.3, -0.25) is 0 Å². The molecule has 0 aliphatic heterocycles. The van der Waals surface area contributed by atoms with Gasteiger partial charge in [-0.05, 0) is 26.2 Å². The number of rotatable bonds is 6. The summed E-state index contributed by atoms with van der Waals surface area (Å²) in [7, 11) is -3.41. The second-order valence-corrected chi connectivity index (χ2v) is 8.15. The van der Waals surface area contributed by atoms with Crippen molar-refractivity contribution in [2.24, 2.45) is 5.41 Å². The topological polar surface area (TPSA) is 81.4 Å².